The van der Waals surface area contributed by atoms with Gasteiger partial charge in [-0.2, -0.15) is 0 Å². The molecule has 0 atom stereocenters. The van der Waals surface area contributed by atoms with E-state index in [4.69, 9.17) is 27.9 Å². The Morgan fingerprint density at radius 1 is 0.720 bits per heavy atom. The van der Waals surface area contributed by atoms with Crippen molar-refractivity contribution in [1.82, 2.24) is 0 Å². The third-order valence-electron chi connectivity index (χ3n) is 3.15. The predicted molar refractivity (Wildman–Crippen MR) is 101 cm³/mol. The van der Waals surface area contributed by atoms with Crippen molar-refractivity contribution in [2.75, 3.05) is 22.4 Å². The lowest BCUT2D eigenvalue weighted by Crippen LogP contribution is -2.11. The Morgan fingerprint density at radius 3 is 1.40 bits per heavy atom. The number of alkyl halides is 2. The summed E-state index contributed by atoms with van der Waals surface area (Å²) in [5.41, 5.74) is 1.36. The quantitative estimate of drug-likeness (QED) is 0.656. The van der Waals surface area contributed by atoms with Crippen LogP contribution in [0.1, 0.15) is 12.8 Å². The number of benzene rings is 2. The molecule has 0 heterocycles. The van der Waals surface area contributed by atoms with E-state index in [1.165, 1.54) is 0 Å². The predicted octanol–water partition coefficient (Wildman–Crippen LogP) is 4.61. The molecule has 2 aromatic rings. The van der Waals surface area contributed by atoms with Crippen LogP contribution in [0, 0.1) is 0 Å². The van der Waals surface area contributed by atoms with Gasteiger partial charge in [-0.15, -0.1) is 23.2 Å². The fourth-order valence-electron chi connectivity index (χ4n) is 1.97. The Labute approximate surface area is 156 Å². The lowest BCUT2D eigenvalue weighted by molar-refractivity contribution is -0.116. The molecule has 0 bridgehead atoms. The molecule has 7 heteroatoms. The highest BCUT2D eigenvalue weighted by atomic mass is 35.5. The first-order chi connectivity index (χ1) is 12.1. The summed E-state index contributed by atoms with van der Waals surface area (Å²) in [7, 11) is 0. The van der Waals surface area contributed by atoms with Gasteiger partial charge in [0.05, 0.1) is 0 Å². The first kappa shape index (κ1) is 19.1. The van der Waals surface area contributed by atoms with Crippen molar-refractivity contribution in [1.29, 1.82) is 0 Å². The van der Waals surface area contributed by atoms with Gasteiger partial charge in [-0.25, -0.2) is 0 Å². The van der Waals surface area contributed by atoms with Crippen LogP contribution in [0.25, 0.3) is 0 Å². The van der Waals surface area contributed by atoms with Crippen molar-refractivity contribution in [2.24, 2.45) is 0 Å². The van der Waals surface area contributed by atoms with Crippen LogP contribution in [-0.4, -0.2) is 23.6 Å². The molecule has 2 aromatic carbocycles. The molecular weight excluding hydrogens is 363 g/mol. The van der Waals surface area contributed by atoms with Gasteiger partial charge in [0, 0.05) is 36.0 Å². The maximum absolute atomic E-state index is 11.5. The maximum Gasteiger partial charge on any atom is 0.225 e. The molecule has 2 amide bonds. The number of carbonyl (C=O) groups is 2. The first-order valence-electron chi connectivity index (χ1n) is 7.70. The normalized spacial score (nSPS) is 10.2. The second kappa shape index (κ2) is 9.91. The van der Waals surface area contributed by atoms with Crippen LogP contribution in [0.2, 0.25) is 0 Å². The van der Waals surface area contributed by atoms with Gasteiger partial charge in [0.15, 0.2) is 0 Å². The van der Waals surface area contributed by atoms with Gasteiger partial charge < -0.3 is 15.4 Å². The molecule has 25 heavy (non-hydrogen) atoms. The fourth-order valence-corrected chi connectivity index (χ4v) is 2.31. The summed E-state index contributed by atoms with van der Waals surface area (Å²) in [5.74, 6) is 1.58. The fraction of sp³-hybridized carbons (Fsp3) is 0.222. The number of hydrogen-bond donors (Lipinski definition) is 2. The number of hydrogen-bond acceptors (Lipinski definition) is 3. The van der Waals surface area contributed by atoms with Crippen LogP contribution in [0.15, 0.2) is 48.5 Å². The van der Waals surface area contributed by atoms with Gasteiger partial charge in [-0.3, -0.25) is 9.59 Å². The lowest BCUT2D eigenvalue weighted by atomic mass is 10.2. The molecule has 0 aromatic heterocycles. The number of amides is 2. The molecule has 5 nitrogen and oxygen atoms in total. The SMILES string of the molecule is O=C(CCCl)Nc1ccc(Oc2ccc(NC(=O)CCCl)cc2)cc1. The average Bonchev–Trinajstić information content (AvgIpc) is 2.59. The van der Waals surface area contributed by atoms with E-state index in [2.05, 4.69) is 10.6 Å². The molecule has 2 N–H and O–H groups in total. The van der Waals surface area contributed by atoms with Crippen LogP contribution in [0.4, 0.5) is 11.4 Å². The van der Waals surface area contributed by atoms with E-state index in [1.54, 1.807) is 48.5 Å². The second-order valence-electron chi connectivity index (χ2n) is 5.13. The minimum absolute atomic E-state index is 0.129. The molecule has 0 aliphatic rings. The summed E-state index contributed by atoms with van der Waals surface area (Å²) >= 11 is 11.0. The van der Waals surface area contributed by atoms with Crippen LogP contribution in [-0.2, 0) is 9.59 Å². The summed E-state index contributed by atoms with van der Waals surface area (Å²) < 4.78 is 5.73. The van der Waals surface area contributed by atoms with Crippen LogP contribution in [0.3, 0.4) is 0 Å². The van der Waals surface area contributed by atoms with Gasteiger partial charge in [0.1, 0.15) is 11.5 Å². The van der Waals surface area contributed by atoms with E-state index in [-0.39, 0.29) is 36.4 Å². The molecule has 0 saturated heterocycles. The highest BCUT2D eigenvalue weighted by molar-refractivity contribution is 6.19. The van der Waals surface area contributed by atoms with Crippen molar-refractivity contribution in [3.63, 3.8) is 0 Å². The summed E-state index contributed by atoms with van der Waals surface area (Å²) in [6.07, 6.45) is 0.543. The van der Waals surface area contributed by atoms with Gasteiger partial charge in [0.2, 0.25) is 11.8 Å². The number of carbonyl (C=O) groups excluding carboxylic acids is 2. The van der Waals surface area contributed by atoms with E-state index in [0.29, 0.717) is 22.9 Å². The van der Waals surface area contributed by atoms with E-state index in [9.17, 15) is 9.59 Å². The van der Waals surface area contributed by atoms with Crippen LogP contribution < -0.4 is 15.4 Å². The largest absolute Gasteiger partial charge is 0.457 e. The van der Waals surface area contributed by atoms with Gasteiger partial charge in [0.25, 0.3) is 0 Å². The van der Waals surface area contributed by atoms with Crippen molar-refractivity contribution in [2.45, 2.75) is 12.8 Å². The zero-order valence-corrected chi connectivity index (χ0v) is 14.9. The Balaban J connectivity index is 1.91. The summed E-state index contributed by atoms with van der Waals surface area (Å²) in [6, 6.07) is 14.0. The molecule has 0 radical (unpaired) electrons. The van der Waals surface area contributed by atoms with Crippen molar-refractivity contribution < 1.29 is 14.3 Å². The molecule has 132 valence electrons. The van der Waals surface area contributed by atoms with Gasteiger partial charge >= 0.3 is 0 Å². The van der Waals surface area contributed by atoms with Crippen molar-refractivity contribution in [3.8, 4) is 11.5 Å². The number of ether oxygens (including phenoxy) is 1. The zero-order chi connectivity index (χ0) is 18.1. The molecule has 0 saturated carbocycles. The minimum atomic E-state index is -0.129. The third kappa shape index (κ3) is 6.64. The molecule has 0 spiro atoms. The Morgan fingerprint density at radius 2 is 1.08 bits per heavy atom. The number of nitrogens with one attached hydrogen (secondary N) is 2. The Bertz CT molecular complexity index is 642. The van der Waals surface area contributed by atoms with Gasteiger partial charge in [-0.05, 0) is 48.5 Å². The molecule has 2 rings (SSSR count). The van der Waals surface area contributed by atoms with Crippen molar-refractivity contribution >= 4 is 46.4 Å². The van der Waals surface area contributed by atoms with Crippen molar-refractivity contribution in [3.05, 3.63) is 48.5 Å². The van der Waals surface area contributed by atoms with E-state index >= 15 is 0 Å². The average molecular weight is 381 g/mol. The van der Waals surface area contributed by atoms with E-state index in [1.807, 2.05) is 0 Å². The Kier molecular flexibility index (Phi) is 7.57. The highest BCUT2D eigenvalue weighted by Crippen LogP contribution is 2.24. The number of halogens is 2. The molecule has 0 aliphatic carbocycles. The minimum Gasteiger partial charge on any atom is -0.457 e. The van der Waals surface area contributed by atoms with Crippen LogP contribution in [0.5, 0.6) is 11.5 Å². The van der Waals surface area contributed by atoms with E-state index in [0.717, 1.165) is 0 Å². The standard InChI is InChI=1S/C18H18Cl2N2O3/c19-11-9-17(23)21-13-1-5-15(6-2-13)25-16-7-3-14(4-8-16)22-18(24)10-12-20/h1-8H,9-12H2,(H,21,23)(H,22,24). The number of rotatable bonds is 8. The lowest BCUT2D eigenvalue weighted by Gasteiger charge is -2.09. The highest BCUT2D eigenvalue weighted by Gasteiger charge is 2.04. The summed E-state index contributed by atoms with van der Waals surface area (Å²) in [5, 5.41) is 5.48. The monoisotopic (exact) mass is 380 g/mol. The second-order valence-corrected chi connectivity index (χ2v) is 5.88. The topological polar surface area (TPSA) is 67.4 Å². The molecular formula is C18H18Cl2N2O3. The van der Waals surface area contributed by atoms with Gasteiger partial charge in [-0.1, -0.05) is 0 Å². The van der Waals surface area contributed by atoms with E-state index < -0.39 is 0 Å². The Hall–Kier alpha value is -2.24. The number of anilines is 2. The zero-order valence-electron chi connectivity index (χ0n) is 13.4. The molecule has 0 fully saturated rings. The van der Waals surface area contributed by atoms with Crippen LogP contribution >= 0.6 is 23.2 Å². The summed E-state index contributed by atoms with van der Waals surface area (Å²) in [4.78, 5) is 22.9. The smallest absolute Gasteiger partial charge is 0.225 e. The maximum atomic E-state index is 11.5. The summed E-state index contributed by atoms with van der Waals surface area (Å²) in [6.45, 7) is 0. The first-order valence-corrected chi connectivity index (χ1v) is 8.77. The molecule has 0 unspecified atom stereocenters. The molecule has 0 aliphatic heterocycles. The third-order valence-corrected chi connectivity index (χ3v) is 3.53.